The molecule has 3 rings (SSSR count). The molecular weight excluding hydrogens is 368 g/mol. The lowest BCUT2D eigenvalue weighted by Crippen LogP contribution is -2.11. The summed E-state index contributed by atoms with van der Waals surface area (Å²) in [5.41, 5.74) is -1.56. The molecule has 1 atom stereocenters. The maximum absolute atomic E-state index is 13.7. The van der Waals surface area contributed by atoms with Gasteiger partial charge in [-0.05, 0) is 30.0 Å². The van der Waals surface area contributed by atoms with Crippen LogP contribution in [0.2, 0.25) is 0 Å². The topological polar surface area (TPSA) is 33.0 Å². The van der Waals surface area contributed by atoms with Gasteiger partial charge in [-0.15, -0.1) is 0 Å². The third-order valence-corrected chi connectivity index (χ3v) is 4.58. The number of ether oxygens (including phenoxy) is 1. The monoisotopic (exact) mass is 375 g/mol. The molecule has 0 radical (unpaired) electrons. The third-order valence-electron chi connectivity index (χ3n) is 3.44. The van der Waals surface area contributed by atoms with Crippen LogP contribution in [0.5, 0.6) is 11.5 Å². The van der Waals surface area contributed by atoms with E-state index in [-0.39, 0.29) is 23.1 Å². The summed E-state index contributed by atoms with van der Waals surface area (Å²) in [6.45, 7) is 0. The van der Waals surface area contributed by atoms with Gasteiger partial charge in [0.05, 0.1) is 17.2 Å². The lowest BCUT2D eigenvalue weighted by Gasteiger charge is -2.14. The van der Waals surface area contributed by atoms with Gasteiger partial charge in [0, 0.05) is 16.5 Å². The van der Waals surface area contributed by atoms with Crippen molar-refractivity contribution in [1.29, 1.82) is 5.26 Å². The predicted octanol–water partition coefficient (Wildman–Crippen LogP) is 6.14. The second-order valence-corrected chi connectivity index (χ2v) is 6.27. The standard InChI is InChI=1S/C16H7F6NOS/c17-8-3-7(6-23)4-9(5-8)24-11-2-1-10-13(12(11)15(19)20)25-16(21,22)14(10)18/h1-5,14-15H/t14-/m1/s1. The van der Waals surface area contributed by atoms with Crippen molar-refractivity contribution in [3.05, 3.63) is 52.8 Å². The Morgan fingerprint density at radius 3 is 2.56 bits per heavy atom. The van der Waals surface area contributed by atoms with Crippen molar-refractivity contribution in [3.8, 4) is 17.6 Å². The van der Waals surface area contributed by atoms with Crippen molar-refractivity contribution in [2.24, 2.45) is 0 Å². The molecule has 0 aromatic heterocycles. The highest BCUT2D eigenvalue weighted by atomic mass is 32.2. The van der Waals surface area contributed by atoms with Gasteiger partial charge in [0.2, 0.25) is 0 Å². The van der Waals surface area contributed by atoms with E-state index in [0.29, 0.717) is 0 Å². The van der Waals surface area contributed by atoms with E-state index in [1.165, 1.54) is 0 Å². The van der Waals surface area contributed by atoms with E-state index in [1.54, 1.807) is 6.07 Å². The molecule has 0 unspecified atom stereocenters. The normalized spacial score (nSPS) is 18.1. The Kier molecular flexibility index (Phi) is 4.33. The van der Waals surface area contributed by atoms with E-state index in [0.717, 1.165) is 30.3 Å². The number of halogens is 6. The van der Waals surface area contributed by atoms with Crippen molar-refractivity contribution in [2.45, 2.75) is 22.7 Å². The molecule has 0 bridgehead atoms. The first-order chi connectivity index (χ1) is 11.7. The van der Waals surface area contributed by atoms with Crippen LogP contribution in [0.4, 0.5) is 26.3 Å². The minimum Gasteiger partial charge on any atom is -0.457 e. The Balaban J connectivity index is 2.07. The van der Waals surface area contributed by atoms with Crippen LogP contribution in [0.1, 0.15) is 29.3 Å². The van der Waals surface area contributed by atoms with Gasteiger partial charge in [0.25, 0.3) is 6.43 Å². The fourth-order valence-corrected chi connectivity index (χ4v) is 3.48. The number of rotatable bonds is 3. The molecule has 2 nitrogen and oxygen atoms in total. The molecule has 0 saturated carbocycles. The van der Waals surface area contributed by atoms with Gasteiger partial charge in [-0.2, -0.15) is 14.0 Å². The average Bonchev–Trinajstić information content (AvgIpc) is 2.75. The summed E-state index contributed by atoms with van der Waals surface area (Å²) >= 11 is -0.303. The smallest absolute Gasteiger partial charge is 0.333 e. The summed E-state index contributed by atoms with van der Waals surface area (Å²) in [4.78, 5) is -0.595. The minimum absolute atomic E-state index is 0.112. The molecule has 130 valence electrons. The second kappa shape index (κ2) is 6.19. The van der Waals surface area contributed by atoms with Gasteiger partial charge in [-0.3, -0.25) is 0 Å². The number of nitrogens with zero attached hydrogens (tertiary/aromatic N) is 1. The molecule has 2 aromatic carbocycles. The highest BCUT2D eigenvalue weighted by Gasteiger charge is 2.51. The summed E-state index contributed by atoms with van der Waals surface area (Å²) in [5.74, 6) is -1.61. The number of hydrogen-bond donors (Lipinski definition) is 0. The molecule has 0 N–H and O–H groups in total. The molecule has 0 saturated heterocycles. The Bertz CT molecular complexity index is 880. The second-order valence-electron chi connectivity index (χ2n) is 5.11. The minimum atomic E-state index is -3.86. The Hall–Kier alpha value is -2.34. The van der Waals surface area contributed by atoms with Crippen LogP contribution in [-0.4, -0.2) is 5.25 Å². The number of alkyl halides is 5. The van der Waals surface area contributed by atoms with Gasteiger partial charge >= 0.3 is 5.25 Å². The van der Waals surface area contributed by atoms with Crippen molar-refractivity contribution >= 4 is 11.8 Å². The first-order valence-corrected chi connectivity index (χ1v) is 7.59. The number of fused-ring (bicyclic) bond motifs is 1. The molecule has 1 aliphatic heterocycles. The zero-order valence-electron chi connectivity index (χ0n) is 12.1. The van der Waals surface area contributed by atoms with Gasteiger partial charge in [0.15, 0.2) is 6.17 Å². The maximum atomic E-state index is 13.7. The van der Waals surface area contributed by atoms with Gasteiger partial charge in [-0.1, -0.05) is 6.07 Å². The van der Waals surface area contributed by atoms with Crippen molar-refractivity contribution < 1.29 is 31.1 Å². The number of hydrogen-bond acceptors (Lipinski definition) is 3. The quantitative estimate of drug-likeness (QED) is 0.605. The fraction of sp³-hybridized carbons (Fsp3) is 0.188. The van der Waals surface area contributed by atoms with Gasteiger partial charge < -0.3 is 4.74 Å². The van der Waals surface area contributed by atoms with Gasteiger partial charge in [-0.25, -0.2) is 17.6 Å². The van der Waals surface area contributed by atoms with Crippen LogP contribution in [0.3, 0.4) is 0 Å². The van der Waals surface area contributed by atoms with E-state index >= 15 is 0 Å². The lowest BCUT2D eigenvalue weighted by molar-refractivity contribution is 0.0187. The lowest BCUT2D eigenvalue weighted by atomic mass is 10.1. The Morgan fingerprint density at radius 2 is 1.92 bits per heavy atom. The fourth-order valence-electron chi connectivity index (χ4n) is 2.39. The number of thioether (sulfide) groups is 1. The van der Waals surface area contributed by atoms with E-state index in [4.69, 9.17) is 10.00 Å². The zero-order chi connectivity index (χ0) is 18.4. The molecule has 1 aliphatic rings. The predicted molar refractivity (Wildman–Crippen MR) is 77.2 cm³/mol. The SMILES string of the molecule is N#Cc1cc(F)cc(Oc2ccc3c(c2C(F)F)SC(F)(F)[C@@H]3F)c1. The largest absolute Gasteiger partial charge is 0.457 e. The molecule has 1 heterocycles. The van der Waals surface area contributed by atoms with Crippen LogP contribution in [0, 0.1) is 17.1 Å². The molecule has 9 heteroatoms. The van der Waals surface area contributed by atoms with E-state index in [2.05, 4.69) is 0 Å². The van der Waals surface area contributed by atoms with E-state index in [1.807, 2.05) is 0 Å². The van der Waals surface area contributed by atoms with Crippen LogP contribution in [-0.2, 0) is 0 Å². The highest BCUT2D eigenvalue weighted by Crippen LogP contribution is 2.59. The third kappa shape index (κ3) is 3.14. The highest BCUT2D eigenvalue weighted by molar-refractivity contribution is 8.00. The summed E-state index contributed by atoms with van der Waals surface area (Å²) in [5, 5.41) is 4.92. The van der Waals surface area contributed by atoms with Crippen LogP contribution in [0.15, 0.2) is 35.2 Å². The molecule has 0 aliphatic carbocycles. The molecule has 0 fully saturated rings. The first-order valence-electron chi connectivity index (χ1n) is 6.77. The molecule has 2 aromatic rings. The average molecular weight is 375 g/mol. The molecular formula is C16H7F6NOS. The maximum Gasteiger partial charge on any atom is 0.333 e. The van der Waals surface area contributed by atoms with Crippen LogP contribution in [0.25, 0.3) is 0 Å². The summed E-state index contributed by atoms with van der Waals surface area (Å²) in [7, 11) is 0. The summed E-state index contributed by atoms with van der Waals surface area (Å²) in [6.07, 6.45) is -5.93. The Labute approximate surface area is 142 Å². The van der Waals surface area contributed by atoms with E-state index in [9.17, 15) is 26.3 Å². The molecule has 0 amide bonds. The molecule has 25 heavy (non-hydrogen) atoms. The van der Waals surface area contributed by atoms with Crippen molar-refractivity contribution in [1.82, 2.24) is 0 Å². The zero-order valence-corrected chi connectivity index (χ0v) is 12.9. The van der Waals surface area contributed by atoms with Crippen molar-refractivity contribution in [3.63, 3.8) is 0 Å². The summed E-state index contributed by atoms with van der Waals surface area (Å²) < 4.78 is 86.1. The number of nitriles is 1. The van der Waals surface area contributed by atoms with Crippen LogP contribution >= 0.6 is 11.8 Å². The van der Waals surface area contributed by atoms with Gasteiger partial charge in [0.1, 0.15) is 17.3 Å². The summed E-state index contributed by atoms with van der Waals surface area (Å²) in [6, 6.07) is 6.38. The number of benzene rings is 2. The van der Waals surface area contributed by atoms with Crippen molar-refractivity contribution in [2.75, 3.05) is 0 Å². The molecule has 0 spiro atoms. The Morgan fingerprint density at radius 1 is 1.20 bits per heavy atom. The first kappa shape index (κ1) is 17.5. The van der Waals surface area contributed by atoms with Crippen LogP contribution < -0.4 is 4.74 Å². The van der Waals surface area contributed by atoms with E-state index < -0.39 is 45.4 Å².